The first-order valence-corrected chi connectivity index (χ1v) is 5.58. The molecular formula is C15H12FN. The third kappa shape index (κ3) is 1.82. The van der Waals surface area contributed by atoms with Crippen molar-refractivity contribution in [3.8, 4) is 11.3 Å². The maximum Gasteiger partial charge on any atom is 0.125 e. The molecule has 3 aromatic rings. The fourth-order valence-corrected chi connectivity index (χ4v) is 2.07. The highest BCUT2D eigenvalue weighted by Gasteiger charge is 2.04. The first kappa shape index (κ1) is 10.1. The first-order valence-electron chi connectivity index (χ1n) is 5.58. The molecule has 0 bridgehead atoms. The zero-order chi connectivity index (χ0) is 11.8. The molecule has 1 nitrogen and oxygen atoms in total. The van der Waals surface area contributed by atoms with Gasteiger partial charge in [0.15, 0.2) is 0 Å². The molecule has 17 heavy (non-hydrogen) atoms. The zero-order valence-electron chi connectivity index (χ0n) is 9.50. The Bertz CT molecular complexity index is 682. The normalized spacial score (nSPS) is 10.9. The number of H-pyrrole nitrogens is 1. The van der Waals surface area contributed by atoms with E-state index in [1.54, 1.807) is 6.07 Å². The van der Waals surface area contributed by atoms with Gasteiger partial charge in [0.1, 0.15) is 5.82 Å². The van der Waals surface area contributed by atoms with Crippen LogP contribution < -0.4 is 0 Å². The van der Waals surface area contributed by atoms with Gasteiger partial charge >= 0.3 is 0 Å². The van der Waals surface area contributed by atoms with E-state index in [2.05, 4.69) is 24.0 Å². The number of benzene rings is 2. The molecule has 0 unspecified atom stereocenters. The molecular weight excluding hydrogens is 213 g/mol. The van der Waals surface area contributed by atoms with Crippen LogP contribution in [0.25, 0.3) is 22.2 Å². The zero-order valence-corrected chi connectivity index (χ0v) is 9.50. The van der Waals surface area contributed by atoms with Crippen molar-refractivity contribution < 1.29 is 4.39 Å². The molecule has 0 radical (unpaired) electrons. The average molecular weight is 225 g/mol. The maximum atomic E-state index is 13.1. The first-order chi connectivity index (χ1) is 8.22. The van der Waals surface area contributed by atoms with Gasteiger partial charge in [0.05, 0.1) is 0 Å². The number of aromatic nitrogens is 1. The van der Waals surface area contributed by atoms with Crippen molar-refractivity contribution >= 4 is 10.9 Å². The van der Waals surface area contributed by atoms with E-state index in [0.29, 0.717) is 0 Å². The topological polar surface area (TPSA) is 15.8 Å². The number of hydrogen-bond acceptors (Lipinski definition) is 0. The highest BCUT2D eigenvalue weighted by molar-refractivity contribution is 5.85. The molecule has 0 aliphatic rings. The molecule has 0 amide bonds. The molecule has 3 rings (SSSR count). The summed E-state index contributed by atoms with van der Waals surface area (Å²) >= 11 is 0. The van der Waals surface area contributed by atoms with Gasteiger partial charge in [-0.05, 0) is 42.8 Å². The molecule has 2 heteroatoms. The van der Waals surface area contributed by atoms with Gasteiger partial charge in [-0.25, -0.2) is 4.39 Å². The molecule has 1 N–H and O–H groups in total. The van der Waals surface area contributed by atoms with Crippen LogP contribution in [0.3, 0.4) is 0 Å². The lowest BCUT2D eigenvalue weighted by molar-refractivity contribution is 0.629. The summed E-state index contributed by atoms with van der Waals surface area (Å²) in [6.07, 6.45) is 0. The van der Waals surface area contributed by atoms with E-state index in [4.69, 9.17) is 0 Å². The maximum absolute atomic E-state index is 13.1. The van der Waals surface area contributed by atoms with Crippen molar-refractivity contribution in [2.45, 2.75) is 6.92 Å². The van der Waals surface area contributed by atoms with Gasteiger partial charge in [0.2, 0.25) is 0 Å². The van der Waals surface area contributed by atoms with Crippen molar-refractivity contribution in [3.05, 3.63) is 59.9 Å². The van der Waals surface area contributed by atoms with Gasteiger partial charge in [0, 0.05) is 16.6 Å². The minimum absolute atomic E-state index is 0.213. The van der Waals surface area contributed by atoms with Crippen LogP contribution >= 0.6 is 0 Å². The van der Waals surface area contributed by atoms with E-state index in [-0.39, 0.29) is 5.82 Å². The predicted octanol–water partition coefficient (Wildman–Crippen LogP) is 4.28. The van der Waals surface area contributed by atoms with E-state index in [9.17, 15) is 4.39 Å². The SMILES string of the molecule is Cc1cccc(-c2cc3ccc(F)cc3[nH]2)c1. The van der Waals surface area contributed by atoms with Crippen LogP contribution in [-0.4, -0.2) is 4.98 Å². The number of aryl methyl sites for hydroxylation is 1. The van der Waals surface area contributed by atoms with E-state index < -0.39 is 0 Å². The molecule has 0 fully saturated rings. The predicted molar refractivity (Wildman–Crippen MR) is 68.4 cm³/mol. The van der Waals surface area contributed by atoms with Crippen molar-refractivity contribution in [2.24, 2.45) is 0 Å². The molecule has 1 heterocycles. The Kier molecular flexibility index (Phi) is 2.22. The van der Waals surface area contributed by atoms with Crippen LogP contribution in [0.15, 0.2) is 48.5 Å². The molecule has 84 valence electrons. The number of halogens is 1. The Morgan fingerprint density at radius 1 is 1.00 bits per heavy atom. The van der Waals surface area contributed by atoms with Crippen molar-refractivity contribution in [3.63, 3.8) is 0 Å². The molecule has 0 aliphatic carbocycles. The second-order valence-corrected chi connectivity index (χ2v) is 4.28. The Morgan fingerprint density at radius 3 is 2.71 bits per heavy atom. The monoisotopic (exact) mass is 225 g/mol. The molecule has 0 aliphatic heterocycles. The summed E-state index contributed by atoms with van der Waals surface area (Å²) in [5.74, 6) is -0.213. The standard InChI is InChI=1S/C15H12FN/c1-10-3-2-4-11(7-10)14-8-12-5-6-13(16)9-15(12)17-14/h2-9,17H,1H3. The Balaban J connectivity index is 2.18. The summed E-state index contributed by atoms with van der Waals surface area (Å²) < 4.78 is 13.1. The Hall–Kier alpha value is -2.09. The summed E-state index contributed by atoms with van der Waals surface area (Å²) in [7, 11) is 0. The summed E-state index contributed by atoms with van der Waals surface area (Å²) in [5, 5.41) is 1.03. The lowest BCUT2D eigenvalue weighted by Crippen LogP contribution is -1.78. The highest BCUT2D eigenvalue weighted by atomic mass is 19.1. The minimum atomic E-state index is -0.213. The van der Waals surface area contributed by atoms with E-state index in [0.717, 1.165) is 22.2 Å². The fourth-order valence-electron chi connectivity index (χ4n) is 2.07. The van der Waals surface area contributed by atoms with Gasteiger partial charge in [-0.3, -0.25) is 0 Å². The number of aromatic amines is 1. The smallest absolute Gasteiger partial charge is 0.125 e. The summed E-state index contributed by atoms with van der Waals surface area (Å²) in [6.45, 7) is 2.06. The van der Waals surface area contributed by atoms with Crippen molar-refractivity contribution in [2.75, 3.05) is 0 Å². The highest BCUT2D eigenvalue weighted by Crippen LogP contribution is 2.25. The van der Waals surface area contributed by atoms with Gasteiger partial charge in [-0.1, -0.05) is 23.8 Å². The van der Waals surface area contributed by atoms with E-state index in [1.807, 2.05) is 18.2 Å². The third-order valence-corrected chi connectivity index (χ3v) is 2.91. The lowest BCUT2D eigenvalue weighted by atomic mass is 10.1. The Morgan fingerprint density at radius 2 is 1.88 bits per heavy atom. The van der Waals surface area contributed by atoms with Crippen LogP contribution in [0, 0.1) is 12.7 Å². The minimum Gasteiger partial charge on any atom is -0.354 e. The number of fused-ring (bicyclic) bond motifs is 1. The summed E-state index contributed by atoms with van der Waals surface area (Å²) in [5.41, 5.74) is 4.20. The van der Waals surface area contributed by atoms with Gasteiger partial charge in [-0.2, -0.15) is 0 Å². The summed E-state index contributed by atoms with van der Waals surface area (Å²) in [6, 6.07) is 15.1. The largest absolute Gasteiger partial charge is 0.354 e. The third-order valence-electron chi connectivity index (χ3n) is 2.91. The van der Waals surface area contributed by atoms with E-state index in [1.165, 1.54) is 17.7 Å². The van der Waals surface area contributed by atoms with Crippen LogP contribution in [0.2, 0.25) is 0 Å². The van der Waals surface area contributed by atoms with Crippen LogP contribution in [0.4, 0.5) is 4.39 Å². The van der Waals surface area contributed by atoms with Gasteiger partial charge < -0.3 is 4.98 Å². The van der Waals surface area contributed by atoms with Crippen molar-refractivity contribution in [1.29, 1.82) is 0 Å². The second-order valence-electron chi connectivity index (χ2n) is 4.28. The number of rotatable bonds is 1. The van der Waals surface area contributed by atoms with Crippen LogP contribution in [0.5, 0.6) is 0 Å². The molecule has 2 aromatic carbocycles. The molecule has 0 saturated carbocycles. The number of nitrogens with one attached hydrogen (secondary N) is 1. The fraction of sp³-hybridized carbons (Fsp3) is 0.0667. The van der Waals surface area contributed by atoms with Crippen molar-refractivity contribution in [1.82, 2.24) is 4.98 Å². The average Bonchev–Trinajstić information content (AvgIpc) is 2.72. The quantitative estimate of drug-likeness (QED) is 0.636. The van der Waals surface area contributed by atoms with Crippen LogP contribution in [-0.2, 0) is 0 Å². The van der Waals surface area contributed by atoms with E-state index >= 15 is 0 Å². The molecule has 0 spiro atoms. The van der Waals surface area contributed by atoms with Crippen LogP contribution in [0.1, 0.15) is 5.56 Å². The second kappa shape index (κ2) is 3.74. The molecule has 0 atom stereocenters. The summed E-state index contributed by atoms with van der Waals surface area (Å²) in [4.78, 5) is 3.24. The van der Waals surface area contributed by atoms with Gasteiger partial charge in [-0.15, -0.1) is 0 Å². The van der Waals surface area contributed by atoms with Gasteiger partial charge in [0.25, 0.3) is 0 Å². The lowest BCUT2D eigenvalue weighted by Gasteiger charge is -1.98. The number of hydrogen-bond donors (Lipinski definition) is 1. The Labute approximate surface area is 98.9 Å². The molecule has 1 aromatic heterocycles. The molecule has 0 saturated heterocycles.